The minimum absolute atomic E-state index is 0.128. The van der Waals surface area contributed by atoms with Gasteiger partial charge in [0.25, 0.3) is 5.91 Å². The van der Waals surface area contributed by atoms with Crippen molar-refractivity contribution in [2.75, 3.05) is 12.8 Å². The summed E-state index contributed by atoms with van der Waals surface area (Å²) in [5.74, 6) is 0.884. The highest BCUT2D eigenvalue weighted by atomic mass is 16.5. The molecular weight excluding hydrogens is 328 g/mol. The van der Waals surface area contributed by atoms with E-state index >= 15 is 0 Å². The smallest absolute Gasteiger partial charge is 0.251 e. The summed E-state index contributed by atoms with van der Waals surface area (Å²) >= 11 is 0. The minimum Gasteiger partial charge on any atom is -0.497 e. The van der Waals surface area contributed by atoms with Gasteiger partial charge < -0.3 is 15.8 Å². The van der Waals surface area contributed by atoms with Gasteiger partial charge in [0.15, 0.2) is 0 Å². The molecule has 0 aliphatic heterocycles. The summed E-state index contributed by atoms with van der Waals surface area (Å²) < 4.78 is 5.20. The second-order valence-electron chi connectivity index (χ2n) is 5.82. The van der Waals surface area contributed by atoms with Crippen molar-refractivity contribution in [2.24, 2.45) is 0 Å². The maximum Gasteiger partial charge on any atom is 0.251 e. The number of anilines is 1. The van der Waals surface area contributed by atoms with E-state index in [0.717, 1.165) is 22.6 Å². The van der Waals surface area contributed by atoms with E-state index in [1.54, 1.807) is 19.4 Å². The Balaban J connectivity index is 1.66. The highest BCUT2D eigenvalue weighted by molar-refractivity contribution is 5.94. The summed E-state index contributed by atoms with van der Waals surface area (Å²) in [6.45, 7) is 0.433. The maximum absolute atomic E-state index is 12.4. The number of rotatable bonds is 6. The van der Waals surface area contributed by atoms with Crippen LogP contribution in [-0.4, -0.2) is 23.0 Å². The number of amides is 1. The van der Waals surface area contributed by atoms with Gasteiger partial charge in [-0.25, -0.2) is 9.97 Å². The lowest BCUT2D eigenvalue weighted by molar-refractivity contribution is 0.0950. The van der Waals surface area contributed by atoms with Gasteiger partial charge in [0, 0.05) is 24.7 Å². The molecule has 3 N–H and O–H groups in total. The third-order valence-electron chi connectivity index (χ3n) is 3.89. The number of aromatic nitrogens is 2. The van der Waals surface area contributed by atoms with E-state index in [0.29, 0.717) is 18.5 Å². The van der Waals surface area contributed by atoms with Crippen molar-refractivity contribution in [3.05, 3.63) is 83.2 Å². The molecule has 132 valence electrons. The lowest BCUT2D eigenvalue weighted by atomic mass is 10.1. The van der Waals surface area contributed by atoms with E-state index in [4.69, 9.17) is 10.5 Å². The number of nitrogens with two attached hydrogens (primary N) is 1. The Labute approximate surface area is 152 Å². The molecule has 0 saturated carbocycles. The molecule has 3 aromatic rings. The first kappa shape index (κ1) is 17.4. The second kappa shape index (κ2) is 8.11. The Morgan fingerprint density at radius 2 is 1.92 bits per heavy atom. The third kappa shape index (κ3) is 4.57. The van der Waals surface area contributed by atoms with E-state index in [-0.39, 0.29) is 11.9 Å². The molecule has 0 aliphatic rings. The first-order valence-electron chi connectivity index (χ1n) is 8.21. The summed E-state index contributed by atoms with van der Waals surface area (Å²) in [6.07, 6.45) is 2.21. The Kier molecular flexibility index (Phi) is 5.43. The van der Waals surface area contributed by atoms with Crippen molar-refractivity contribution in [3.8, 4) is 5.75 Å². The van der Waals surface area contributed by atoms with Crippen molar-refractivity contribution >= 4 is 11.9 Å². The fraction of sp³-hybridized carbons (Fsp3) is 0.150. The lowest BCUT2D eigenvalue weighted by Crippen LogP contribution is -2.22. The Morgan fingerprint density at radius 1 is 1.12 bits per heavy atom. The van der Waals surface area contributed by atoms with Crippen LogP contribution in [0, 0.1) is 0 Å². The van der Waals surface area contributed by atoms with Gasteiger partial charge in [-0.1, -0.05) is 24.3 Å². The Morgan fingerprint density at radius 3 is 2.73 bits per heavy atom. The Bertz CT molecular complexity index is 912. The molecule has 0 spiro atoms. The number of nitrogen functional groups attached to an aromatic ring is 1. The van der Waals surface area contributed by atoms with Crippen molar-refractivity contribution < 1.29 is 9.53 Å². The van der Waals surface area contributed by atoms with Crippen LogP contribution in [0.25, 0.3) is 0 Å². The molecule has 0 bridgehead atoms. The van der Waals surface area contributed by atoms with Crippen LogP contribution in [-0.2, 0) is 13.0 Å². The van der Waals surface area contributed by atoms with Crippen LogP contribution in [0.2, 0.25) is 0 Å². The first-order valence-corrected chi connectivity index (χ1v) is 8.21. The summed E-state index contributed by atoms with van der Waals surface area (Å²) in [5.41, 5.74) is 8.99. The molecule has 0 fully saturated rings. The van der Waals surface area contributed by atoms with E-state index in [1.807, 2.05) is 48.5 Å². The van der Waals surface area contributed by atoms with Gasteiger partial charge in [0.1, 0.15) is 5.75 Å². The molecule has 0 saturated heterocycles. The van der Waals surface area contributed by atoms with Gasteiger partial charge in [-0.05, 0) is 41.5 Å². The Hall–Kier alpha value is -3.41. The zero-order valence-corrected chi connectivity index (χ0v) is 14.5. The summed E-state index contributed by atoms with van der Waals surface area (Å²) in [5, 5.41) is 2.93. The van der Waals surface area contributed by atoms with Crippen molar-refractivity contribution in [2.45, 2.75) is 13.0 Å². The summed E-state index contributed by atoms with van der Waals surface area (Å²) in [6, 6.07) is 16.9. The van der Waals surface area contributed by atoms with Crippen molar-refractivity contribution in [1.82, 2.24) is 15.3 Å². The molecular formula is C20H20N4O2. The van der Waals surface area contributed by atoms with Gasteiger partial charge >= 0.3 is 0 Å². The van der Waals surface area contributed by atoms with Gasteiger partial charge in [-0.15, -0.1) is 0 Å². The monoisotopic (exact) mass is 348 g/mol. The van der Waals surface area contributed by atoms with Crippen LogP contribution in [0.4, 0.5) is 5.95 Å². The third-order valence-corrected chi connectivity index (χ3v) is 3.89. The van der Waals surface area contributed by atoms with Gasteiger partial charge in [0.2, 0.25) is 5.95 Å². The SMILES string of the molecule is COc1cccc(CNC(=O)c2cccc(Cc3ccnc(N)n3)c2)c1. The number of nitrogens with one attached hydrogen (secondary N) is 1. The predicted octanol–water partition coefficient (Wildman–Crippen LogP) is 2.59. The van der Waals surface area contributed by atoms with Gasteiger partial charge in [-0.2, -0.15) is 0 Å². The van der Waals surface area contributed by atoms with Crippen LogP contribution in [0.5, 0.6) is 5.75 Å². The number of hydrogen-bond acceptors (Lipinski definition) is 5. The fourth-order valence-electron chi connectivity index (χ4n) is 2.61. The zero-order chi connectivity index (χ0) is 18.4. The molecule has 26 heavy (non-hydrogen) atoms. The minimum atomic E-state index is -0.128. The average Bonchev–Trinajstić information content (AvgIpc) is 2.66. The van der Waals surface area contributed by atoms with E-state index in [1.165, 1.54) is 0 Å². The maximum atomic E-state index is 12.4. The number of methoxy groups -OCH3 is 1. The number of ether oxygens (including phenoxy) is 1. The molecule has 0 radical (unpaired) electrons. The molecule has 6 nitrogen and oxygen atoms in total. The lowest BCUT2D eigenvalue weighted by Gasteiger charge is -2.08. The number of hydrogen-bond donors (Lipinski definition) is 2. The standard InChI is InChI=1S/C20H20N4O2/c1-26-18-7-3-5-15(12-18)13-23-19(25)16-6-2-4-14(10-16)11-17-8-9-22-20(21)24-17/h2-10,12H,11,13H2,1H3,(H,23,25)(H2,21,22,24). The molecule has 6 heteroatoms. The van der Waals surface area contributed by atoms with Crippen LogP contribution < -0.4 is 15.8 Å². The molecule has 1 amide bonds. The molecule has 2 aromatic carbocycles. The number of carbonyl (C=O) groups excluding carboxylic acids is 1. The molecule has 3 rings (SSSR count). The molecule has 0 aliphatic carbocycles. The van der Waals surface area contributed by atoms with E-state index in [2.05, 4.69) is 15.3 Å². The number of nitrogens with zero attached hydrogens (tertiary/aromatic N) is 2. The normalized spacial score (nSPS) is 10.3. The highest BCUT2D eigenvalue weighted by Crippen LogP contribution is 2.13. The molecule has 1 heterocycles. The van der Waals surface area contributed by atoms with Crippen LogP contribution in [0.1, 0.15) is 27.2 Å². The van der Waals surface area contributed by atoms with Crippen molar-refractivity contribution in [1.29, 1.82) is 0 Å². The molecule has 0 atom stereocenters. The largest absolute Gasteiger partial charge is 0.497 e. The second-order valence-corrected chi connectivity index (χ2v) is 5.82. The zero-order valence-electron chi connectivity index (χ0n) is 14.5. The van der Waals surface area contributed by atoms with Crippen molar-refractivity contribution in [3.63, 3.8) is 0 Å². The molecule has 1 aromatic heterocycles. The summed E-state index contributed by atoms with van der Waals surface area (Å²) in [4.78, 5) is 20.5. The van der Waals surface area contributed by atoms with Gasteiger partial charge in [0.05, 0.1) is 12.8 Å². The van der Waals surface area contributed by atoms with Crippen LogP contribution in [0.15, 0.2) is 60.8 Å². The number of carbonyl (C=O) groups is 1. The average molecular weight is 348 g/mol. The fourth-order valence-corrected chi connectivity index (χ4v) is 2.61. The quantitative estimate of drug-likeness (QED) is 0.714. The van der Waals surface area contributed by atoms with Crippen LogP contribution >= 0.6 is 0 Å². The number of benzene rings is 2. The van der Waals surface area contributed by atoms with Crippen LogP contribution in [0.3, 0.4) is 0 Å². The predicted molar refractivity (Wildman–Crippen MR) is 99.9 cm³/mol. The van der Waals surface area contributed by atoms with E-state index < -0.39 is 0 Å². The highest BCUT2D eigenvalue weighted by Gasteiger charge is 2.07. The topological polar surface area (TPSA) is 90.1 Å². The first-order chi connectivity index (χ1) is 12.6. The van der Waals surface area contributed by atoms with E-state index in [9.17, 15) is 4.79 Å². The summed E-state index contributed by atoms with van der Waals surface area (Å²) in [7, 11) is 1.62. The van der Waals surface area contributed by atoms with Gasteiger partial charge in [-0.3, -0.25) is 4.79 Å². The molecule has 0 unspecified atom stereocenters.